The van der Waals surface area contributed by atoms with Crippen LogP contribution < -0.4 is 32.6 Å². The Bertz CT molecular complexity index is 1620. The van der Waals surface area contributed by atoms with Crippen molar-refractivity contribution in [3.8, 4) is 5.75 Å². The summed E-state index contributed by atoms with van der Waals surface area (Å²) in [5.41, 5.74) is 19.5. The summed E-state index contributed by atoms with van der Waals surface area (Å²) in [6.45, 7) is 0.220. The van der Waals surface area contributed by atoms with Gasteiger partial charge in [0.2, 0.25) is 23.6 Å². The molecule has 0 radical (unpaired) electrons. The third kappa shape index (κ3) is 11.0. The molecule has 1 saturated heterocycles. The molecular formula is C35H40N6O7S. The van der Waals surface area contributed by atoms with Crippen LogP contribution in [0.15, 0.2) is 84.9 Å². The van der Waals surface area contributed by atoms with Crippen molar-refractivity contribution in [2.24, 2.45) is 23.1 Å². The Morgan fingerprint density at radius 2 is 1.57 bits per heavy atom. The predicted molar refractivity (Wildman–Crippen MR) is 185 cm³/mol. The molecule has 49 heavy (non-hydrogen) atoms. The number of Topliss-reactive ketones (excluding diaryl/α,β-unsaturated/α-hetero) is 1. The highest BCUT2D eigenvalue weighted by molar-refractivity contribution is 8.00. The van der Waals surface area contributed by atoms with Crippen LogP contribution in [-0.4, -0.2) is 70.0 Å². The van der Waals surface area contributed by atoms with E-state index in [1.807, 2.05) is 36.4 Å². The Hall–Kier alpha value is -5.05. The quantitative estimate of drug-likeness (QED) is 0.130. The van der Waals surface area contributed by atoms with Crippen molar-refractivity contribution in [1.29, 1.82) is 0 Å². The fraction of sp³-hybridized carbons (Fsp3) is 0.314. The SMILES string of the molecule is NCC[C@H](NC(=O)Oc1ccc(C[C@H](N)C(=O)Nc2ccccc2)cc1)C(=O)C[C@@H](CSC1CC(=O)N(Cc2ccccc2)C1=O)C(N)=O. The van der Waals surface area contributed by atoms with E-state index in [4.69, 9.17) is 21.9 Å². The number of amides is 5. The molecule has 1 heterocycles. The number of para-hydroxylation sites is 1. The first kappa shape index (κ1) is 36.8. The molecule has 5 amide bonds. The first-order chi connectivity index (χ1) is 23.5. The van der Waals surface area contributed by atoms with Crippen molar-refractivity contribution in [2.75, 3.05) is 17.6 Å². The summed E-state index contributed by atoms with van der Waals surface area (Å²) in [5.74, 6) is -2.97. The zero-order valence-corrected chi connectivity index (χ0v) is 27.6. The lowest BCUT2D eigenvalue weighted by Gasteiger charge is -2.20. The lowest BCUT2D eigenvalue weighted by atomic mass is 9.98. The number of likely N-dealkylation sites (tertiary alicyclic amines) is 1. The lowest BCUT2D eigenvalue weighted by molar-refractivity contribution is -0.139. The number of anilines is 1. The highest BCUT2D eigenvalue weighted by atomic mass is 32.2. The van der Waals surface area contributed by atoms with Crippen molar-refractivity contribution >= 4 is 53.0 Å². The van der Waals surface area contributed by atoms with Crippen LogP contribution in [0.3, 0.4) is 0 Å². The van der Waals surface area contributed by atoms with Gasteiger partial charge in [0.05, 0.1) is 29.8 Å². The number of benzene rings is 3. The molecular weight excluding hydrogens is 648 g/mol. The lowest BCUT2D eigenvalue weighted by Crippen LogP contribution is -2.45. The number of hydrogen-bond donors (Lipinski definition) is 5. The third-order valence-corrected chi connectivity index (χ3v) is 9.20. The summed E-state index contributed by atoms with van der Waals surface area (Å²) in [7, 11) is 0. The zero-order valence-electron chi connectivity index (χ0n) is 26.8. The number of nitrogens with zero attached hydrogens (tertiary/aromatic N) is 1. The molecule has 8 N–H and O–H groups in total. The second-order valence-corrected chi connectivity index (χ2v) is 12.8. The van der Waals surface area contributed by atoms with Gasteiger partial charge in [-0.3, -0.25) is 28.9 Å². The van der Waals surface area contributed by atoms with Crippen LogP contribution in [0.5, 0.6) is 5.75 Å². The Morgan fingerprint density at radius 3 is 2.20 bits per heavy atom. The van der Waals surface area contributed by atoms with Crippen molar-refractivity contribution < 1.29 is 33.5 Å². The third-order valence-electron chi connectivity index (χ3n) is 7.84. The average Bonchev–Trinajstić information content (AvgIpc) is 3.35. The van der Waals surface area contributed by atoms with E-state index < -0.39 is 41.0 Å². The van der Waals surface area contributed by atoms with E-state index in [1.54, 1.807) is 36.4 Å². The molecule has 258 valence electrons. The molecule has 1 aliphatic rings. The summed E-state index contributed by atoms with van der Waals surface area (Å²) in [4.78, 5) is 77.3. The van der Waals surface area contributed by atoms with E-state index >= 15 is 0 Å². The van der Waals surface area contributed by atoms with Gasteiger partial charge >= 0.3 is 6.09 Å². The van der Waals surface area contributed by atoms with Crippen LogP contribution in [0.25, 0.3) is 0 Å². The van der Waals surface area contributed by atoms with E-state index in [0.717, 1.165) is 22.9 Å². The van der Waals surface area contributed by atoms with Crippen LogP contribution >= 0.6 is 11.8 Å². The first-order valence-electron chi connectivity index (χ1n) is 15.7. The number of thioether (sulfide) groups is 1. The molecule has 0 aliphatic carbocycles. The number of primary amides is 1. The van der Waals surface area contributed by atoms with Gasteiger partial charge in [0.25, 0.3) is 0 Å². The molecule has 0 saturated carbocycles. The standard InChI is InChI=1S/C35H40N6O7S/c36-16-15-28(40-35(47)48-26-13-11-22(12-14-26)17-27(37)33(45)39-25-9-5-2-6-10-25)29(42)18-24(32(38)44)21-49-30-19-31(43)41(34(30)46)20-23-7-3-1-4-8-23/h1-14,24,27-28,30H,15-21,36-37H2,(H2,38,44)(H,39,45)(H,40,47)/t24-,27-,28-,30?/m0/s1. The molecule has 1 unspecified atom stereocenters. The molecule has 3 aromatic rings. The topological polar surface area (TPSA) is 217 Å². The Kier molecular flexibility index (Phi) is 13.4. The predicted octanol–water partition coefficient (Wildman–Crippen LogP) is 2.12. The number of nitrogens with two attached hydrogens (primary N) is 3. The van der Waals surface area contributed by atoms with E-state index in [9.17, 15) is 28.8 Å². The Balaban J connectivity index is 1.26. The first-order valence-corrected chi connectivity index (χ1v) is 16.8. The number of rotatable bonds is 17. The van der Waals surface area contributed by atoms with E-state index in [-0.39, 0.29) is 68.0 Å². The van der Waals surface area contributed by atoms with Gasteiger partial charge in [-0.1, -0.05) is 60.7 Å². The fourth-order valence-electron chi connectivity index (χ4n) is 5.13. The monoisotopic (exact) mass is 688 g/mol. The van der Waals surface area contributed by atoms with Crippen molar-refractivity contribution in [3.05, 3.63) is 96.1 Å². The minimum absolute atomic E-state index is 0.0175. The van der Waals surface area contributed by atoms with E-state index in [1.165, 1.54) is 17.0 Å². The molecule has 4 atom stereocenters. The second-order valence-electron chi connectivity index (χ2n) is 11.6. The second kappa shape index (κ2) is 17.9. The van der Waals surface area contributed by atoms with Gasteiger partial charge in [0, 0.05) is 24.3 Å². The average molecular weight is 689 g/mol. The maximum atomic E-state index is 13.2. The minimum atomic E-state index is -1.05. The number of ketones is 1. The number of carbonyl (C=O) groups is 6. The number of nitrogens with one attached hydrogen (secondary N) is 2. The van der Waals surface area contributed by atoms with Gasteiger partial charge < -0.3 is 32.6 Å². The molecule has 14 heteroatoms. The number of carbonyl (C=O) groups excluding carboxylic acids is 6. The molecule has 3 aromatic carbocycles. The maximum Gasteiger partial charge on any atom is 0.413 e. The van der Waals surface area contributed by atoms with Crippen LogP contribution in [0.4, 0.5) is 10.5 Å². The molecule has 0 bridgehead atoms. The molecule has 1 fully saturated rings. The van der Waals surface area contributed by atoms with Crippen LogP contribution in [0, 0.1) is 5.92 Å². The molecule has 0 spiro atoms. The summed E-state index contributed by atoms with van der Waals surface area (Å²) in [5, 5.41) is 4.56. The Labute approximate surface area is 288 Å². The van der Waals surface area contributed by atoms with E-state index in [0.29, 0.717) is 5.69 Å². The highest BCUT2D eigenvalue weighted by Crippen LogP contribution is 2.29. The van der Waals surface area contributed by atoms with Gasteiger partial charge in [0.15, 0.2) is 5.78 Å². The highest BCUT2D eigenvalue weighted by Gasteiger charge is 2.39. The molecule has 0 aromatic heterocycles. The van der Waals surface area contributed by atoms with Crippen molar-refractivity contribution in [1.82, 2.24) is 10.2 Å². The molecule has 4 rings (SSSR count). The Morgan fingerprint density at radius 1 is 0.918 bits per heavy atom. The van der Waals surface area contributed by atoms with Crippen molar-refractivity contribution in [2.45, 2.75) is 49.6 Å². The molecule has 13 nitrogen and oxygen atoms in total. The van der Waals surface area contributed by atoms with Gasteiger partial charge in [-0.05, 0) is 54.8 Å². The maximum absolute atomic E-state index is 13.2. The summed E-state index contributed by atoms with van der Waals surface area (Å²) < 4.78 is 5.35. The van der Waals surface area contributed by atoms with Crippen LogP contribution in [0.2, 0.25) is 0 Å². The number of imide groups is 1. The van der Waals surface area contributed by atoms with Crippen LogP contribution in [0.1, 0.15) is 30.4 Å². The van der Waals surface area contributed by atoms with Crippen molar-refractivity contribution in [3.63, 3.8) is 0 Å². The summed E-state index contributed by atoms with van der Waals surface area (Å²) in [6, 6.07) is 22.6. The van der Waals surface area contributed by atoms with Gasteiger partial charge in [-0.15, -0.1) is 11.8 Å². The van der Waals surface area contributed by atoms with Gasteiger partial charge in [-0.25, -0.2) is 4.79 Å². The summed E-state index contributed by atoms with van der Waals surface area (Å²) in [6.07, 6.45) is -0.899. The fourth-order valence-corrected chi connectivity index (χ4v) is 6.41. The number of ether oxygens (including phenoxy) is 1. The van der Waals surface area contributed by atoms with E-state index in [2.05, 4.69) is 10.6 Å². The smallest absolute Gasteiger partial charge is 0.410 e. The minimum Gasteiger partial charge on any atom is -0.410 e. The largest absolute Gasteiger partial charge is 0.413 e. The molecule has 1 aliphatic heterocycles. The number of hydrogen-bond acceptors (Lipinski definition) is 10. The van der Waals surface area contributed by atoms with Gasteiger partial charge in [0.1, 0.15) is 5.75 Å². The van der Waals surface area contributed by atoms with Crippen LogP contribution in [-0.2, 0) is 36.9 Å². The summed E-state index contributed by atoms with van der Waals surface area (Å²) >= 11 is 1.10. The zero-order chi connectivity index (χ0) is 35.3. The van der Waals surface area contributed by atoms with Gasteiger partial charge in [-0.2, -0.15) is 0 Å². The normalized spacial score (nSPS) is 16.0.